The summed E-state index contributed by atoms with van der Waals surface area (Å²) >= 11 is 0. The number of amides is 2. The van der Waals surface area contributed by atoms with Gasteiger partial charge in [-0.15, -0.1) is 0 Å². The third kappa shape index (κ3) is 8.23. The molecule has 3 fully saturated rings. The summed E-state index contributed by atoms with van der Waals surface area (Å²) < 4.78 is 71.2. The maximum Gasteiger partial charge on any atom is 0.417 e. The van der Waals surface area contributed by atoms with E-state index in [0.717, 1.165) is 38.3 Å². The van der Waals surface area contributed by atoms with E-state index in [1.807, 2.05) is 35.6 Å². The van der Waals surface area contributed by atoms with Gasteiger partial charge in [-0.05, 0) is 51.2 Å². The number of hydrogen-bond donors (Lipinski definition) is 2. The van der Waals surface area contributed by atoms with E-state index >= 15 is 4.39 Å². The lowest BCUT2D eigenvalue weighted by molar-refractivity contribution is -0.138. The van der Waals surface area contributed by atoms with Gasteiger partial charge in [0.1, 0.15) is 11.6 Å². The molecule has 1 aromatic heterocycles. The number of carbonyl (C=O) groups is 2. The first-order valence-electron chi connectivity index (χ1n) is 17.0. The number of aromatic nitrogens is 2. The van der Waals surface area contributed by atoms with E-state index in [4.69, 9.17) is 0 Å². The highest BCUT2D eigenvalue weighted by Crippen LogP contribution is 2.38. The van der Waals surface area contributed by atoms with Crippen LogP contribution >= 0.6 is 0 Å². The SMILES string of the molecule is C[C@@H]1CN(c2cc(F)c(-c3cnc(N4CCN(C(=O)CN5CCNCC5)CC4)nc3)cc2NC(=O)c2ccc(F)cc2C(F)(F)F)C[C@H](C)N1C. The Morgan fingerprint density at radius 3 is 2.18 bits per heavy atom. The summed E-state index contributed by atoms with van der Waals surface area (Å²) in [7, 11) is 1.98. The van der Waals surface area contributed by atoms with Gasteiger partial charge < -0.3 is 25.3 Å². The molecule has 3 aliphatic heterocycles. The number of benzene rings is 2. The molecule has 2 amide bonds. The van der Waals surface area contributed by atoms with Crippen LogP contribution in [-0.2, 0) is 11.0 Å². The first kappa shape index (κ1) is 36.4. The molecule has 3 aliphatic rings. The van der Waals surface area contributed by atoms with E-state index in [0.29, 0.717) is 63.0 Å². The van der Waals surface area contributed by atoms with E-state index in [1.54, 1.807) is 0 Å². The molecular formula is C35H42F5N9O2. The number of halogens is 5. The fourth-order valence-electron chi connectivity index (χ4n) is 6.83. The molecule has 11 nitrogen and oxygen atoms in total. The summed E-state index contributed by atoms with van der Waals surface area (Å²) in [5, 5.41) is 5.85. The molecule has 3 saturated heterocycles. The average Bonchev–Trinajstić information content (AvgIpc) is 3.11. The Kier molecular flexibility index (Phi) is 10.7. The summed E-state index contributed by atoms with van der Waals surface area (Å²) in [4.78, 5) is 45.2. The monoisotopic (exact) mass is 715 g/mol. The number of hydrogen-bond acceptors (Lipinski definition) is 9. The molecule has 0 bridgehead atoms. The number of carbonyl (C=O) groups excluding carboxylic acids is 2. The largest absolute Gasteiger partial charge is 0.417 e. The van der Waals surface area contributed by atoms with Crippen molar-refractivity contribution in [1.29, 1.82) is 0 Å². The molecular weight excluding hydrogens is 673 g/mol. The molecule has 0 radical (unpaired) electrons. The quantitative estimate of drug-likeness (QED) is 0.355. The van der Waals surface area contributed by atoms with Crippen LogP contribution in [0.4, 0.5) is 39.3 Å². The molecule has 0 saturated carbocycles. The number of rotatable bonds is 7. The Bertz CT molecular complexity index is 1720. The molecule has 6 rings (SSSR count). The minimum absolute atomic E-state index is 0.0364. The normalized spacial score (nSPS) is 20.8. The van der Waals surface area contributed by atoms with Crippen LogP contribution in [0.3, 0.4) is 0 Å². The Balaban J connectivity index is 1.23. The Morgan fingerprint density at radius 1 is 0.902 bits per heavy atom. The maximum absolute atomic E-state index is 16.0. The zero-order valence-electron chi connectivity index (χ0n) is 28.8. The van der Waals surface area contributed by atoms with Gasteiger partial charge in [0.05, 0.1) is 29.0 Å². The van der Waals surface area contributed by atoms with E-state index < -0.39 is 34.8 Å². The molecule has 3 aromatic rings. The fourth-order valence-corrected chi connectivity index (χ4v) is 6.83. The zero-order valence-corrected chi connectivity index (χ0v) is 28.8. The first-order chi connectivity index (χ1) is 24.3. The number of anilines is 3. The van der Waals surface area contributed by atoms with E-state index in [9.17, 15) is 27.2 Å². The van der Waals surface area contributed by atoms with Gasteiger partial charge in [0.15, 0.2) is 0 Å². The zero-order chi connectivity index (χ0) is 36.4. The van der Waals surface area contributed by atoms with Crippen LogP contribution in [0, 0.1) is 11.6 Å². The van der Waals surface area contributed by atoms with Crippen LogP contribution in [-0.4, -0.2) is 128 Å². The van der Waals surface area contributed by atoms with E-state index in [-0.39, 0.29) is 35.3 Å². The minimum atomic E-state index is -4.99. The lowest BCUT2D eigenvalue weighted by atomic mass is 10.0. The number of likely N-dealkylation sites (N-methyl/N-ethyl adjacent to an activating group) is 1. The van der Waals surface area contributed by atoms with Crippen LogP contribution in [0.1, 0.15) is 29.8 Å². The first-order valence-corrected chi connectivity index (χ1v) is 17.0. The smallest absolute Gasteiger partial charge is 0.367 e. The van der Waals surface area contributed by atoms with Gasteiger partial charge in [-0.2, -0.15) is 13.2 Å². The number of nitrogens with one attached hydrogen (secondary N) is 2. The molecule has 2 atom stereocenters. The third-order valence-corrected chi connectivity index (χ3v) is 10.00. The van der Waals surface area contributed by atoms with Gasteiger partial charge in [-0.3, -0.25) is 19.4 Å². The van der Waals surface area contributed by atoms with Gasteiger partial charge in [-0.1, -0.05) is 0 Å². The van der Waals surface area contributed by atoms with Crippen LogP contribution in [0.5, 0.6) is 0 Å². The Labute approximate surface area is 293 Å². The Morgan fingerprint density at radius 2 is 1.55 bits per heavy atom. The van der Waals surface area contributed by atoms with Gasteiger partial charge in [0.2, 0.25) is 11.9 Å². The highest BCUT2D eigenvalue weighted by Gasteiger charge is 2.36. The molecule has 4 heterocycles. The van der Waals surface area contributed by atoms with Crippen molar-refractivity contribution < 1.29 is 31.5 Å². The molecule has 274 valence electrons. The molecule has 2 aromatic carbocycles. The van der Waals surface area contributed by atoms with Crippen molar-refractivity contribution in [3.63, 3.8) is 0 Å². The molecule has 0 aliphatic carbocycles. The van der Waals surface area contributed by atoms with E-state index in [2.05, 4.69) is 30.4 Å². The van der Waals surface area contributed by atoms with Crippen LogP contribution < -0.4 is 20.4 Å². The lowest BCUT2D eigenvalue weighted by Crippen LogP contribution is -2.55. The lowest BCUT2D eigenvalue weighted by Gasteiger charge is -2.44. The maximum atomic E-state index is 16.0. The molecule has 0 spiro atoms. The van der Waals surface area contributed by atoms with Crippen LogP contribution in [0.25, 0.3) is 11.1 Å². The van der Waals surface area contributed by atoms with Crippen molar-refractivity contribution in [1.82, 2.24) is 30.0 Å². The molecule has 2 N–H and O–H groups in total. The minimum Gasteiger partial charge on any atom is -0.367 e. The second-order valence-electron chi connectivity index (χ2n) is 13.4. The van der Waals surface area contributed by atoms with Crippen molar-refractivity contribution in [3.8, 4) is 11.1 Å². The van der Waals surface area contributed by atoms with Gasteiger partial charge in [0.25, 0.3) is 5.91 Å². The predicted molar refractivity (Wildman–Crippen MR) is 184 cm³/mol. The van der Waals surface area contributed by atoms with Crippen molar-refractivity contribution in [3.05, 3.63) is 65.5 Å². The topological polar surface area (TPSA) is 100 Å². The second-order valence-corrected chi connectivity index (χ2v) is 13.4. The summed E-state index contributed by atoms with van der Waals surface area (Å²) in [6.45, 7) is 10.8. The van der Waals surface area contributed by atoms with Crippen LogP contribution in [0.15, 0.2) is 42.7 Å². The van der Waals surface area contributed by atoms with Gasteiger partial charge in [-0.25, -0.2) is 18.7 Å². The molecule has 0 unspecified atom stereocenters. The summed E-state index contributed by atoms with van der Waals surface area (Å²) in [5.41, 5.74) is -1.47. The molecule has 16 heteroatoms. The van der Waals surface area contributed by atoms with Crippen LogP contribution in [0.2, 0.25) is 0 Å². The highest BCUT2D eigenvalue weighted by molar-refractivity contribution is 6.07. The summed E-state index contributed by atoms with van der Waals surface area (Å²) in [5.74, 6) is -2.38. The average molecular weight is 716 g/mol. The van der Waals surface area contributed by atoms with Crippen molar-refractivity contribution in [2.75, 3.05) is 94.2 Å². The Hall–Kier alpha value is -4.41. The summed E-state index contributed by atoms with van der Waals surface area (Å²) in [6.07, 6.45) is -2.08. The number of nitrogens with zero attached hydrogens (tertiary/aromatic N) is 7. The molecule has 51 heavy (non-hydrogen) atoms. The van der Waals surface area contributed by atoms with Crippen molar-refractivity contribution in [2.24, 2.45) is 0 Å². The van der Waals surface area contributed by atoms with Crippen molar-refractivity contribution >= 4 is 29.1 Å². The summed E-state index contributed by atoms with van der Waals surface area (Å²) in [6, 6.07) is 4.59. The fraction of sp³-hybridized carbons (Fsp3) is 0.486. The van der Waals surface area contributed by atoms with Crippen molar-refractivity contribution in [2.45, 2.75) is 32.1 Å². The third-order valence-electron chi connectivity index (χ3n) is 10.00. The standard InChI is InChI=1S/C35H42F5N9O2/c1-22-19-49(20-23(2)45(22)3)31-16-29(37)27(15-30(31)44-33(51)26-5-4-25(36)14-28(26)35(38,39)40)24-17-42-34(43-18-24)48-12-10-47(11-13-48)32(50)21-46-8-6-41-7-9-46/h4-5,14-18,22-23,41H,6-13,19-21H2,1-3H3,(H,44,51)/t22-,23+. The second kappa shape index (κ2) is 15.1. The highest BCUT2D eigenvalue weighted by atomic mass is 19.4. The van der Waals surface area contributed by atoms with Gasteiger partial charge >= 0.3 is 6.18 Å². The number of alkyl halides is 3. The van der Waals surface area contributed by atoms with E-state index in [1.165, 1.54) is 24.5 Å². The predicted octanol–water partition coefficient (Wildman–Crippen LogP) is 3.78. The number of piperazine rings is 3. The van der Waals surface area contributed by atoms with Gasteiger partial charge in [0, 0.05) is 101 Å².